The summed E-state index contributed by atoms with van der Waals surface area (Å²) in [6.45, 7) is 4.15. The summed E-state index contributed by atoms with van der Waals surface area (Å²) in [6.07, 6.45) is -2.79. The number of amidine groups is 1. The number of nitrogens with zero attached hydrogens (tertiary/aromatic N) is 3. The van der Waals surface area contributed by atoms with Crippen molar-refractivity contribution in [3.63, 3.8) is 0 Å². The highest BCUT2D eigenvalue weighted by Gasteiger charge is 2.44. The quantitative estimate of drug-likeness (QED) is 0.479. The van der Waals surface area contributed by atoms with Crippen LogP contribution in [0, 0.1) is 19.3 Å². The molecule has 0 spiro atoms. The second-order valence-corrected chi connectivity index (χ2v) is 7.34. The normalized spacial score (nSPS) is 26.5. The van der Waals surface area contributed by atoms with Crippen LogP contribution in [0.4, 0.5) is 5.82 Å². The predicted octanol–water partition coefficient (Wildman–Crippen LogP) is 0.254. The third-order valence-electron chi connectivity index (χ3n) is 5.33. The fourth-order valence-corrected chi connectivity index (χ4v) is 3.57. The molecule has 0 bridgehead atoms. The molecule has 1 aromatic carbocycles. The van der Waals surface area contributed by atoms with Crippen molar-refractivity contribution in [1.29, 1.82) is 5.41 Å². The van der Waals surface area contributed by atoms with Crippen LogP contribution >= 0.6 is 0 Å². The van der Waals surface area contributed by atoms with Crippen LogP contribution in [0.5, 0.6) is 0 Å². The van der Waals surface area contributed by atoms with Crippen LogP contribution in [0.25, 0.3) is 0 Å². The summed E-state index contributed by atoms with van der Waals surface area (Å²) in [4.78, 5) is 10.1. The molecule has 4 rings (SSSR count). The Morgan fingerprint density at radius 3 is 2.83 bits per heavy atom. The topological polar surface area (TPSA) is 136 Å². The molecule has 29 heavy (non-hydrogen) atoms. The van der Waals surface area contributed by atoms with Crippen LogP contribution in [-0.4, -0.2) is 67.4 Å². The molecule has 0 aliphatic carbocycles. The molecule has 3 heterocycles. The van der Waals surface area contributed by atoms with Crippen molar-refractivity contribution in [3.8, 4) is 0 Å². The number of benzene rings is 1. The van der Waals surface area contributed by atoms with E-state index < -0.39 is 31.1 Å². The average Bonchev–Trinajstić information content (AvgIpc) is 3.25. The maximum Gasteiger partial charge on any atom is 0.176 e. The minimum Gasteiger partial charge on any atom is -0.394 e. The molecule has 2 aliphatic rings. The van der Waals surface area contributed by atoms with E-state index in [1.807, 2.05) is 26.0 Å². The van der Waals surface area contributed by atoms with E-state index in [9.17, 15) is 15.3 Å². The lowest BCUT2D eigenvalue weighted by molar-refractivity contribution is -0.108. The van der Waals surface area contributed by atoms with Crippen molar-refractivity contribution in [1.82, 2.24) is 14.6 Å². The number of aliphatic hydroxyl groups excluding tert-OH is 3. The van der Waals surface area contributed by atoms with E-state index in [2.05, 4.69) is 16.4 Å². The summed E-state index contributed by atoms with van der Waals surface area (Å²) < 4.78 is 7.08. The number of hydrogen-bond acceptors (Lipinski definition) is 8. The molecule has 1 aromatic heterocycles. The first-order valence-electron chi connectivity index (χ1n) is 9.39. The number of nitrogens with one attached hydrogen (secondary N) is 2. The molecule has 156 valence electrons. The van der Waals surface area contributed by atoms with Crippen molar-refractivity contribution in [2.45, 2.75) is 45.0 Å². The molecule has 0 saturated carbocycles. The van der Waals surface area contributed by atoms with Gasteiger partial charge in [-0.15, -0.1) is 0 Å². The molecule has 4 atom stereocenters. The Labute approximate surface area is 167 Å². The van der Waals surface area contributed by atoms with Gasteiger partial charge in [0.2, 0.25) is 0 Å². The summed E-state index contributed by atoms with van der Waals surface area (Å²) in [5, 5.41) is 42.5. The highest BCUT2D eigenvalue weighted by atomic mass is 16.7. The summed E-state index contributed by atoms with van der Waals surface area (Å²) in [6, 6.07) is 6.13. The van der Waals surface area contributed by atoms with Crippen molar-refractivity contribution < 1.29 is 24.9 Å². The number of anilines is 1. The maximum atomic E-state index is 10.3. The monoisotopic (exact) mass is 403 g/mol. The summed E-state index contributed by atoms with van der Waals surface area (Å²) in [5.41, 5.74) is 3.64. The van der Waals surface area contributed by atoms with Crippen LogP contribution in [0.3, 0.4) is 0 Å². The summed E-state index contributed by atoms with van der Waals surface area (Å²) in [5.74, 6) is 0.561. The number of hydroxylamine groups is 2. The van der Waals surface area contributed by atoms with E-state index in [0.717, 1.165) is 16.7 Å². The molecule has 10 heteroatoms. The fourth-order valence-electron chi connectivity index (χ4n) is 3.57. The standard InChI is InChI=1S/C19H25N5O5/c1-10-3-4-11(2)12(5-10)7-28-24-9-22-18-14(17(24)20)21-8-23(18)19-16(27)15(26)13(6-25)29-19/h3-5,8,13,15-16,19-20,22,25-27H,6-7,9H2,1-2H3/t13-,15-,16-,19-/m1/s1. The molecular weight excluding hydrogens is 378 g/mol. The molecule has 0 amide bonds. The van der Waals surface area contributed by atoms with Gasteiger partial charge in [0.25, 0.3) is 0 Å². The lowest BCUT2D eigenvalue weighted by Crippen LogP contribution is -2.41. The first-order valence-corrected chi connectivity index (χ1v) is 9.39. The number of fused-ring (bicyclic) bond motifs is 1. The summed E-state index contributed by atoms with van der Waals surface area (Å²) in [7, 11) is 0. The minimum absolute atomic E-state index is 0.0783. The zero-order chi connectivity index (χ0) is 20.7. The zero-order valence-corrected chi connectivity index (χ0v) is 16.2. The van der Waals surface area contributed by atoms with Gasteiger partial charge in [0.1, 0.15) is 43.1 Å². The lowest BCUT2D eigenvalue weighted by atomic mass is 10.1. The third-order valence-corrected chi connectivity index (χ3v) is 5.33. The second kappa shape index (κ2) is 7.73. The van der Waals surface area contributed by atoms with Gasteiger partial charge in [0.15, 0.2) is 12.1 Å². The van der Waals surface area contributed by atoms with Crippen LogP contribution in [-0.2, 0) is 16.2 Å². The van der Waals surface area contributed by atoms with Gasteiger partial charge in [0.05, 0.1) is 12.9 Å². The Hall–Kier alpha value is -2.50. The van der Waals surface area contributed by atoms with Gasteiger partial charge in [-0.05, 0) is 25.0 Å². The van der Waals surface area contributed by atoms with E-state index in [1.54, 1.807) is 0 Å². The highest BCUT2D eigenvalue weighted by molar-refractivity contribution is 5.99. The minimum atomic E-state index is -1.22. The van der Waals surface area contributed by atoms with Crippen molar-refractivity contribution >= 4 is 11.7 Å². The smallest absolute Gasteiger partial charge is 0.176 e. The number of aromatic nitrogens is 2. The molecule has 2 aliphatic heterocycles. The van der Waals surface area contributed by atoms with Crippen LogP contribution in [0.15, 0.2) is 24.5 Å². The molecule has 5 N–H and O–H groups in total. The van der Waals surface area contributed by atoms with E-state index >= 15 is 0 Å². The highest BCUT2D eigenvalue weighted by Crippen LogP contribution is 2.34. The van der Waals surface area contributed by atoms with Gasteiger partial charge in [-0.3, -0.25) is 14.8 Å². The first-order chi connectivity index (χ1) is 13.9. The van der Waals surface area contributed by atoms with E-state index in [-0.39, 0.29) is 12.5 Å². The van der Waals surface area contributed by atoms with Crippen molar-refractivity contribution in [3.05, 3.63) is 46.9 Å². The third kappa shape index (κ3) is 3.49. The van der Waals surface area contributed by atoms with Crippen LogP contribution in [0.2, 0.25) is 0 Å². The molecular formula is C19H25N5O5. The molecule has 2 aromatic rings. The number of aryl methyl sites for hydroxylation is 2. The largest absolute Gasteiger partial charge is 0.394 e. The van der Waals surface area contributed by atoms with Gasteiger partial charge < -0.3 is 25.4 Å². The molecule has 1 saturated heterocycles. The molecule has 0 unspecified atom stereocenters. The van der Waals surface area contributed by atoms with Crippen LogP contribution < -0.4 is 5.32 Å². The molecule has 0 radical (unpaired) electrons. The van der Waals surface area contributed by atoms with E-state index in [4.69, 9.17) is 15.0 Å². The van der Waals surface area contributed by atoms with Crippen molar-refractivity contribution in [2.24, 2.45) is 0 Å². The number of rotatable bonds is 5. The van der Waals surface area contributed by atoms with E-state index in [1.165, 1.54) is 16.0 Å². The van der Waals surface area contributed by atoms with Gasteiger partial charge >= 0.3 is 0 Å². The molecule has 10 nitrogen and oxygen atoms in total. The van der Waals surface area contributed by atoms with Crippen molar-refractivity contribution in [2.75, 3.05) is 18.6 Å². The average molecular weight is 403 g/mol. The Balaban J connectivity index is 1.49. The lowest BCUT2D eigenvalue weighted by Gasteiger charge is -2.30. The fraction of sp³-hybridized carbons (Fsp3) is 0.474. The predicted molar refractivity (Wildman–Crippen MR) is 103 cm³/mol. The molecule has 1 fully saturated rings. The Morgan fingerprint density at radius 2 is 2.10 bits per heavy atom. The van der Waals surface area contributed by atoms with Gasteiger partial charge in [0, 0.05) is 0 Å². The summed E-state index contributed by atoms with van der Waals surface area (Å²) >= 11 is 0. The number of aliphatic hydroxyl groups is 3. The van der Waals surface area contributed by atoms with Gasteiger partial charge in [-0.1, -0.05) is 23.8 Å². The van der Waals surface area contributed by atoms with Crippen LogP contribution in [0.1, 0.15) is 28.6 Å². The van der Waals surface area contributed by atoms with E-state index in [0.29, 0.717) is 18.1 Å². The Morgan fingerprint density at radius 1 is 1.31 bits per heavy atom. The Bertz CT molecular complexity index is 916. The number of hydrogen-bond donors (Lipinski definition) is 5. The zero-order valence-electron chi connectivity index (χ0n) is 16.2. The van der Waals surface area contributed by atoms with Gasteiger partial charge in [-0.2, -0.15) is 0 Å². The number of ether oxygens (including phenoxy) is 1. The maximum absolute atomic E-state index is 10.3. The Kier molecular flexibility index (Phi) is 5.28. The number of imidazole rings is 1. The second-order valence-electron chi connectivity index (χ2n) is 7.34. The SMILES string of the molecule is Cc1ccc(C)c(CON2CNc3c(ncn3[C@@H]3O[C@H](CO)[C@@H](O)[C@H]3O)C2=N)c1. The van der Waals surface area contributed by atoms with Gasteiger partial charge in [-0.25, -0.2) is 10.0 Å². The first kappa shape index (κ1) is 19.8.